The van der Waals surface area contributed by atoms with Gasteiger partial charge in [-0.05, 0) is 29.8 Å². The highest BCUT2D eigenvalue weighted by Crippen LogP contribution is 2.25. The van der Waals surface area contributed by atoms with E-state index in [-0.39, 0.29) is 0 Å². The van der Waals surface area contributed by atoms with Gasteiger partial charge in [-0.15, -0.1) is 17.9 Å². The molecule has 0 atom stereocenters. The van der Waals surface area contributed by atoms with Crippen molar-refractivity contribution in [2.75, 3.05) is 0 Å². The molecule has 1 aromatic heterocycles. The van der Waals surface area contributed by atoms with Crippen LogP contribution in [-0.4, -0.2) is 4.57 Å². The summed E-state index contributed by atoms with van der Waals surface area (Å²) in [4.78, 5) is 5.58. The van der Waals surface area contributed by atoms with Crippen LogP contribution in [0.25, 0.3) is 11.3 Å². The molecule has 3 rings (SSSR count). The van der Waals surface area contributed by atoms with Gasteiger partial charge in [0.1, 0.15) is 0 Å². The number of nitrogens with zero attached hydrogens (tertiary/aromatic N) is 2. The van der Waals surface area contributed by atoms with Gasteiger partial charge in [0.15, 0.2) is 4.80 Å². The van der Waals surface area contributed by atoms with Gasteiger partial charge in [0, 0.05) is 16.9 Å². The summed E-state index contributed by atoms with van der Waals surface area (Å²) in [6.45, 7) is 4.52. The van der Waals surface area contributed by atoms with E-state index in [1.165, 1.54) is 0 Å². The molecule has 3 aromatic rings. The zero-order valence-corrected chi connectivity index (χ0v) is 14.6. The number of rotatable bonds is 4. The summed E-state index contributed by atoms with van der Waals surface area (Å²) in [5.74, 6) is 0. The molecule has 0 fully saturated rings. The maximum Gasteiger partial charge on any atom is 0.190 e. The van der Waals surface area contributed by atoms with Crippen molar-refractivity contribution >= 4 is 40.2 Å². The highest BCUT2D eigenvalue weighted by atomic mass is 35.5. The van der Waals surface area contributed by atoms with Crippen molar-refractivity contribution in [3.8, 4) is 11.3 Å². The lowest BCUT2D eigenvalue weighted by Gasteiger charge is -2.07. The van der Waals surface area contributed by atoms with Gasteiger partial charge in [-0.25, -0.2) is 4.99 Å². The first kappa shape index (κ1) is 16.1. The van der Waals surface area contributed by atoms with Crippen molar-refractivity contribution in [3.05, 3.63) is 81.4 Å². The zero-order chi connectivity index (χ0) is 16.2. The molecule has 0 aliphatic carbocycles. The molecule has 1 heterocycles. The van der Waals surface area contributed by atoms with Crippen LogP contribution in [0.15, 0.2) is 71.6 Å². The number of hydrogen-bond acceptors (Lipinski definition) is 2. The van der Waals surface area contributed by atoms with Crippen molar-refractivity contribution in [2.24, 2.45) is 4.99 Å². The number of hydrogen-bond donors (Lipinski definition) is 0. The summed E-state index contributed by atoms with van der Waals surface area (Å²) >= 11 is 13.8. The van der Waals surface area contributed by atoms with Crippen molar-refractivity contribution in [1.29, 1.82) is 0 Å². The van der Waals surface area contributed by atoms with Gasteiger partial charge >= 0.3 is 0 Å². The Labute approximate surface area is 149 Å². The van der Waals surface area contributed by atoms with E-state index in [1.54, 1.807) is 11.3 Å². The quantitative estimate of drug-likeness (QED) is 0.512. The summed E-state index contributed by atoms with van der Waals surface area (Å²) in [5, 5.41) is 3.45. The van der Waals surface area contributed by atoms with E-state index in [4.69, 9.17) is 28.2 Å². The first-order valence-electron chi connectivity index (χ1n) is 7.03. The van der Waals surface area contributed by atoms with Gasteiger partial charge in [-0.2, -0.15) is 0 Å². The van der Waals surface area contributed by atoms with Crippen LogP contribution in [0.4, 0.5) is 5.69 Å². The summed E-state index contributed by atoms with van der Waals surface area (Å²) in [6.07, 6.45) is 1.86. The molecule has 2 aromatic carbocycles. The number of halogens is 2. The van der Waals surface area contributed by atoms with Gasteiger partial charge in [-0.3, -0.25) is 0 Å². The van der Waals surface area contributed by atoms with Gasteiger partial charge in [0.05, 0.1) is 16.4 Å². The highest BCUT2D eigenvalue weighted by molar-refractivity contribution is 7.07. The summed E-state index contributed by atoms with van der Waals surface area (Å²) in [5.41, 5.74) is 2.93. The Morgan fingerprint density at radius 1 is 1.09 bits per heavy atom. The number of allylic oxidation sites excluding steroid dienone is 1. The molecule has 0 aliphatic heterocycles. The van der Waals surface area contributed by atoms with E-state index in [1.807, 2.05) is 54.6 Å². The summed E-state index contributed by atoms with van der Waals surface area (Å²) in [7, 11) is 0. The van der Waals surface area contributed by atoms with E-state index in [2.05, 4.69) is 16.5 Å². The maximum absolute atomic E-state index is 6.21. The Balaban J connectivity index is 2.14. The lowest BCUT2D eigenvalue weighted by molar-refractivity contribution is 0.800. The van der Waals surface area contributed by atoms with Crippen molar-refractivity contribution in [3.63, 3.8) is 0 Å². The maximum atomic E-state index is 6.21. The topological polar surface area (TPSA) is 17.3 Å². The fraction of sp³-hybridized carbons (Fsp3) is 0.0556. The molecule has 0 bridgehead atoms. The molecule has 0 radical (unpaired) electrons. The van der Waals surface area contributed by atoms with Crippen molar-refractivity contribution in [1.82, 2.24) is 4.57 Å². The fourth-order valence-corrected chi connectivity index (χ4v) is 3.46. The second-order valence-corrected chi connectivity index (χ2v) is 6.55. The number of aromatic nitrogens is 1. The minimum atomic E-state index is 0.638. The number of para-hydroxylation sites is 1. The minimum absolute atomic E-state index is 0.638. The van der Waals surface area contributed by atoms with E-state index in [0.29, 0.717) is 11.6 Å². The molecule has 23 heavy (non-hydrogen) atoms. The predicted molar refractivity (Wildman–Crippen MR) is 99.6 cm³/mol. The predicted octanol–water partition coefficient (Wildman–Crippen LogP) is 5.94. The summed E-state index contributed by atoms with van der Waals surface area (Å²) in [6, 6.07) is 15.3. The molecule has 0 saturated carbocycles. The van der Waals surface area contributed by atoms with E-state index < -0.39 is 0 Å². The molecule has 0 N–H and O–H groups in total. The number of benzene rings is 2. The van der Waals surface area contributed by atoms with Crippen LogP contribution in [0.2, 0.25) is 10.0 Å². The van der Waals surface area contributed by atoms with Crippen LogP contribution in [0, 0.1) is 0 Å². The van der Waals surface area contributed by atoms with Crippen LogP contribution in [0.3, 0.4) is 0 Å². The smallest absolute Gasteiger partial charge is 0.190 e. The largest absolute Gasteiger partial charge is 0.313 e. The van der Waals surface area contributed by atoms with Crippen LogP contribution in [0.1, 0.15) is 0 Å². The summed E-state index contributed by atoms with van der Waals surface area (Å²) < 4.78 is 2.12. The monoisotopic (exact) mass is 360 g/mol. The first-order chi connectivity index (χ1) is 11.2. The second-order valence-electron chi connectivity index (χ2n) is 4.87. The molecule has 5 heteroatoms. The lowest BCUT2D eigenvalue weighted by Crippen LogP contribution is -2.14. The van der Waals surface area contributed by atoms with Gasteiger partial charge < -0.3 is 4.57 Å². The second kappa shape index (κ2) is 7.18. The molecule has 116 valence electrons. The van der Waals surface area contributed by atoms with E-state index in [9.17, 15) is 0 Å². The molecule has 0 unspecified atom stereocenters. The fourth-order valence-electron chi connectivity index (χ4n) is 2.22. The standard InChI is InChI=1S/C18H14Cl2N2S/c1-2-11-22-17(13-7-9-14(19)10-8-13)12-23-18(22)21-16-6-4-3-5-15(16)20/h2-10,12H,1,11H2. The lowest BCUT2D eigenvalue weighted by atomic mass is 10.2. The molecule has 0 aliphatic rings. The van der Waals surface area contributed by atoms with E-state index >= 15 is 0 Å². The molecule has 0 amide bonds. The SMILES string of the molecule is C=CCn1c(-c2ccc(Cl)cc2)csc1=Nc1ccccc1Cl. The van der Waals surface area contributed by atoms with Gasteiger partial charge in [-0.1, -0.05) is 53.5 Å². The Hall–Kier alpha value is -1.81. The van der Waals surface area contributed by atoms with Crippen LogP contribution in [-0.2, 0) is 6.54 Å². The average Bonchev–Trinajstić information content (AvgIpc) is 2.94. The minimum Gasteiger partial charge on any atom is -0.313 e. The number of thiazole rings is 1. The third-order valence-corrected chi connectivity index (χ3v) is 4.75. The molecule has 0 spiro atoms. The highest BCUT2D eigenvalue weighted by Gasteiger charge is 2.07. The van der Waals surface area contributed by atoms with Crippen LogP contribution >= 0.6 is 34.5 Å². The Morgan fingerprint density at radius 2 is 1.83 bits per heavy atom. The Kier molecular flexibility index (Phi) is 5.01. The zero-order valence-electron chi connectivity index (χ0n) is 12.2. The van der Waals surface area contributed by atoms with Crippen LogP contribution in [0.5, 0.6) is 0 Å². The van der Waals surface area contributed by atoms with E-state index in [0.717, 1.165) is 26.8 Å². The third kappa shape index (κ3) is 3.58. The van der Waals surface area contributed by atoms with Gasteiger partial charge in [0.2, 0.25) is 0 Å². The van der Waals surface area contributed by atoms with Crippen molar-refractivity contribution < 1.29 is 0 Å². The molecular weight excluding hydrogens is 347 g/mol. The average molecular weight is 361 g/mol. The molecular formula is C18H14Cl2N2S. The van der Waals surface area contributed by atoms with Crippen molar-refractivity contribution in [2.45, 2.75) is 6.54 Å². The molecule has 0 saturated heterocycles. The third-order valence-electron chi connectivity index (χ3n) is 3.32. The molecule has 2 nitrogen and oxygen atoms in total. The normalized spacial score (nSPS) is 11.7. The Morgan fingerprint density at radius 3 is 2.52 bits per heavy atom. The first-order valence-corrected chi connectivity index (χ1v) is 8.67. The Bertz CT molecular complexity index is 892. The van der Waals surface area contributed by atoms with Crippen LogP contribution < -0.4 is 4.80 Å². The van der Waals surface area contributed by atoms with Gasteiger partial charge in [0.25, 0.3) is 0 Å².